The van der Waals surface area contributed by atoms with Crippen LogP contribution in [0.2, 0.25) is 0 Å². The number of nitrogens with one attached hydrogen (secondary N) is 1. The van der Waals surface area contributed by atoms with Crippen molar-refractivity contribution in [3.63, 3.8) is 0 Å². The molecule has 104 valence electrons. The molecule has 0 saturated carbocycles. The number of carbonyl (C=O) groups is 2. The van der Waals surface area contributed by atoms with Gasteiger partial charge in [0.2, 0.25) is 11.8 Å². The van der Waals surface area contributed by atoms with E-state index in [0.29, 0.717) is 26.1 Å². The summed E-state index contributed by atoms with van der Waals surface area (Å²) < 4.78 is 5.26. The Morgan fingerprint density at radius 1 is 1.50 bits per heavy atom. The molecular weight excluding hydrogens is 236 g/mol. The van der Waals surface area contributed by atoms with E-state index in [-0.39, 0.29) is 31.4 Å². The van der Waals surface area contributed by atoms with Crippen molar-refractivity contribution >= 4 is 11.8 Å². The number of aliphatic hydroxyl groups excluding tert-OH is 1. The molecule has 1 fully saturated rings. The summed E-state index contributed by atoms with van der Waals surface area (Å²) in [5, 5.41) is 11.5. The van der Waals surface area contributed by atoms with Crippen molar-refractivity contribution in [1.82, 2.24) is 10.2 Å². The molecule has 0 aliphatic carbocycles. The molecule has 0 radical (unpaired) electrons. The molecule has 0 bridgehead atoms. The molecule has 0 aromatic heterocycles. The van der Waals surface area contributed by atoms with E-state index in [4.69, 9.17) is 9.84 Å². The highest BCUT2D eigenvalue weighted by Gasteiger charge is 2.32. The third kappa shape index (κ3) is 4.27. The van der Waals surface area contributed by atoms with E-state index in [1.54, 1.807) is 4.90 Å². The van der Waals surface area contributed by atoms with E-state index >= 15 is 0 Å². The standard InChI is InChI=1S/C12H22N2O4/c1-2-5-13-12(17)10-9-18-8-6-14(10)11(16)4-3-7-15/h10,15H,2-9H2,1H3,(H,13,17). The van der Waals surface area contributed by atoms with E-state index in [2.05, 4.69) is 5.32 Å². The Bertz CT molecular complexity index is 255. The van der Waals surface area contributed by atoms with Crippen LogP contribution < -0.4 is 5.32 Å². The smallest absolute Gasteiger partial charge is 0.245 e. The maximum Gasteiger partial charge on any atom is 0.245 e. The average Bonchev–Trinajstić information content (AvgIpc) is 2.42. The second kappa shape index (κ2) is 8.05. The largest absolute Gasteiger partial charge is 0.396 e. The third-order valence-corrected chi connectivity index (χ3v) is 2.85. The quantitative estimate of drug-likeness (QED) is 0.674. The van der Waals surface area contributed by atoms with Gasteiger partial charge in [-0.3, -0.25) is 9.59 Å². The summed E-state index contributed by atoms with van der Waals surface area (Å²) in [7, 11) is 0. The molecule has 2 amide bonds. The Balaban J connectivity index is 2.55. The molecule has 1 aliphatic heterocycles. The minimum Gasteiger partial charge on any atom is -0.396 e. The van der Waals surface area contributed by atoms with Gasteiger partial charge in [0, 0.05) is 26.1 Å². The molecule has 1 aliphatic rings. The average molecular weight is 258 g/mol. The summed E-state index contributed by atoms with van der Waals surface area (Å²) in [4.78, 5) is 25.4. The van der Waals surface area contributed by atoms with Gasteiger partial charge >= 0.3 is 0 Å². The van der Waals surface area contributed by atoms with Crippen molar-refractivity contribution < 1.29 is 19.4 Å². The minimum atomic E-state index is -0.531. The summed E-state index contributed by atoms with van der Waals surface area (Å²) >= 11 is 0. The first-order valence-electron chi connectivity index (χ1n) is 6.46. The molecule has 18 heavy (non-hydrogen) atoms. The minimum absolute atomic E-state index is 0.0111. The molecule has 1 atom stereocenters. The fraction of sp³-hybridized carbons (Fsp3) is 0.833. The van der Waals surface area contributed by atoms with Crippen LogP contribution in [0.3, 0.4) is 0 Å². The topological polar surface area (TPSA) is 78.9 Å². The lowest BCUT2D eigenvalue weighted by Crippen LogP contribution is -2.56. The van der Waals surface area contributed by atoms with Crippen molar-refractivity contribution in [3.05, 3.63) is 0 Å². The summed E-state index contributed by atoms with van der Waals surface area (Å²) in [6.07, 6.45) is 1.56. The zero-order chi connectivity index (χ0) is 13.4. The van der Waals surface area contributed by atoms with Crippen molar-refractivity contribution in [2.45, 2.75) is 32.2 Å². The molecule has 0 spiro atoms. The number of ether oxygens (including phenoxy) is 1. The monoisotopic (exact) mass is 258 g/mol. The van der Waals surface area contributed by atoms with Crippen molar-refractivity contribution in [2.75, 3.05) is 32.9 Å². The first-order valence-corrected chi connectivity index (χ1v) is 6.46. The lowest BCUT2D eigenvalue weighted by molar-refractivity contribution is -0.148. The van der Waals surface area contributed by atoms with E-state index in [9.17, 15) is 9.59 Å². The summed E-state index contributed by atoms with van der Waals surface area (Å²) in [6, 6.07) is -0.531. The van der Waals surface area contributed by atoms with E-state index in [1.165, 1.54) is 0 Å². The Hall–Kier alpha value is -1.14. The van der Waals surface area contributed by atoms with Crippen molar-refractivity contribution in [1.29, 1.82) is 0 Å². The van der Waals surface area contributed by atoms with Crippen LogP contribution in [0.5, 0.6) is 0 Å². The number of nitrogens with zero attached hydrogens (tertiary/aromatic N) is 1. The van der Waals surface area contributed by atoms with Gasteiger partial charge in [-0.15, -0.1) is 0 Å². The number of hydrogen-bond donors (Lipinski definition) is 2. The zero-order valence-corrected chi connectivity index (χ0v) is 10.9. The number of hydrogen-bond acceptors (Lipinski definition) is 4. The van der Waals surface area contributed by atoms with Crippen LogP contribution in [0.15, 0.2) is 0 Å². The summed E-state index contributed by atoms with van der Waals surface area (Å²) in [5.41, 5.74) is 0. The predicted molar refractivity (Wildman–Crippen MR) is 65.9 cm³/mol. The van der Waals surface area contributed by atoms with E-state index in [0.717, 1.165) is 6.42 Å². The van der Waals surface area contributed by atoms with Gasteiger partial charge in [0.1, 0.15) is 6.04 Å². The molecular formula is C12H22N2O4. The normalized spacial score (nSPS) is 19.7. The van der Waals surface area contributed by atoms with Crippen LogP contribution in [0.1, 0.15) is 26.2 Å². The van der Waals surface area contributed by atoms with E-state index in [1.807, 2.05) is 6.92 Å². The summed E-state index contributed by atoms with van der Waals surface area (Å²) in [5.74, 6) is -0.252. The lowest BCUT2D eigenvalue weighted by Gasteiger charge is -2.34. The lowest BCUT2D eigenvalue weighted by atomic mass is 10.1. The van der Waals surface area contributed by atoms with Crippen LogP contribution in [0, 0.1) is 0 Å². The van der Waals surface area contributed by atoms with Gasteiger partial charge in [-0.1, -0.05) is 6.92 Å². The van der Waals surface area contributed by atoms with E-state index < -0.39 is 6.04 Å². The molecule has 1 saturated heterocycles. The number of amides is 2. The van der Waals surface area contributed by atoms with Gasteiger partial charge in [0.05, 0.1) is 13.2 Å². The third-order valence-electron chi connectivity index (χ3n) is 2.85. The highest BCUT2D eigenvalue weighted by Crippen LogP contribution is 2.10. The molecule has 6 heteroatoms. The SMILES string of the molecule is CCCNC(=O)C1COCCN1C(=O)CCCO. The van der Waals surface area contributed by atoms with Crippen LogP contribution in [0.25, 0.3) is 0 Å². The highest BCUT2D eigenvalue weighted by atomic mass is 16.5. The van der Waals surface area contributed by atoms with Crippen LogP contribution >= 0.6 is 0 Å². The van der Waals surface area contributed by atoms with Crippen LogP contribution in [0.4, 0.5) is 0 Å². The second-order valence-corrected chi connectivity index (χ2v) is 4.30. The Labute approximate surface area is 107 Å². The van der Waals surface area contributed by atoms with Gasteiger partial charge in [0.15, 0.2) is 0 Å². The Morgan fingerprint density at radius 3 is 2.94 bits per heavy atom. The fourth-order valence-corrected chi connectivity index (χ4v) is 1.86. The molecule has 1 rings (SSSR count). The van der Waals surface area contributed by atoms with Gasteiger partial charge in [-0.25, -0.2) is 0 Å². The molecule has 0 aromatic rings. The number of aliphatic hydroxyl groups is 1. The molecule has 1 heterocycles. The van der Waals surface area contributed by atoms with Gasteiger partial charge < -0.3 is 20.1 Å². The highest BCUT2D eigenvalue weighted by molar-refractivity contribution is 5.88. The molecule has 6 nitrogen and oxygen atoms in total. The van der Waals surface area contributed by atoms with Crippen molar-refractivity contribution in [3.8, 4) is 0 Å². The Kier molecular flexibility index (Phi) is 6.67. The second-order valence-electron chi connectivity index (χ2n) is 4.30. The maximum atomic E-state index is 11.9. The first-order chi connectivity index (χ1) is 8.70. The van der Waals surface area contributed by atoms with Gasteiger partial charge in [0.25, 0.3) is 0 Å². The van der Waals surface area contributed by atoms with Crippen molar-refractivity contribution in [2.24, 2.45) is 0 Å². The molecule has 0 aromatic carbocycles. The maximum absolute atomic E-state index is 11.9. The zero-order valence-electron chi connectivity index (χ0n) is 10.9. The van der Waals surface area contributed by atoms with Crippen LogP contribution in [-0.2, 0) is 14.3 Å². The Morgan fingerprint density at radius 2 is 2.28 bits per heavy atom. The molecule has 2 N–H and O–H groups in total. The number of morpholine rings is 1. The number of carbonyl (C=O) groups excluding carboxylic acids is 2. The summed E-state index contributed by atoms with van der Waals surface area (Å²) in [6.45, 7) is 3.72. The van der Waals surface area contributed by atoms with Gasteiger partial charge in [-0.05, 0) is 12.8 Å². The van der Waals surface area contributed by atoms with Gasteiger partial charge in [-0.2, -0.15) is 0 Å². The van der Waals surface area contributed by atoms with Crippen LogP contribution in [-0.4, -0.2) is 60.8 Å². The first kappa shape index (κ1) is 14.9. The predicted octanol–water partition coefficient (Wildman–Crippen LogP) is -0.487. The number of rotatable bonds is 6. The fourth-order valence-electron chi connectivity index (χ4n) is 1.86. The molecule has 1 unspecified atom stereocenters.